The first-order valence-electron chi connectivity index (χ1n) is 10.8. The van der Waals surface area contributed by atoms with E-state index in [9.17, 15) is 27.9 Å². The van der Waals surface area contributed by atoms with E-state index in [2.05, 4.69) is 10.4 Å². The number of amides is 1. The third-order valence-corrected chi connectivity index (χ3v) is 6.20. The molecule has 2 unspecified atom stereocenters. The van der Waals surface area contributed by atoms with E-state index in [0.29, 0.717) is 16.4 Å². The number of nitrogens with zero attached hydrogens (tertiary/aromatic N) is 3. The largest absolute Gasteiger partial charge is 0.416 e. The minimum Gasteiger partial charge on any atom is -0.377 e. The van der Waals surface area contributed by atoms with Crippen LogP contribution in [-0.2, 0) is 23.1 Å². The monoisotopic (exact) mass is 509 g/mol. The van der Waals surface area contributed by atoms with Crippen molar-refractivity contribution in [2.24, 2.45) is 5.73 Å². The minimum atomic E-state index is -4.63. The highest BCUT2D eigenvalue weighted by atomic mass is 35.5. The van der Waals surface area contributed by atoms with Crippen LogP contribution in [0.3, 0.4) is 0 Å². The highest BCUT2D eigenvalue weighted by Gasteiger charge is 2.38. The van der Waals surface area contributed by atoms with Crippen LogP contribution in [0.15, 0.2) is 53.3 Å². The van der Waals surface area contributed by atoms with E-state index in [1.54, 1.807) is 24.3 Å². The summed E-state index contributed by atoms with van der Waals surface area (Å²) in [4.78, 5) is 25.3. The average Bonchev–Trinajstić information content (AvgIpc) is 3.58. The number of primary amides is 1. The van der Waals surface area contributed by atoms with Crippen molar-refractivity contribution in [2.75, 3.05) is 0 Å². The maximum Gasteiger partial charge on any atom is 0.416 e. The van der Waals surface area contributed by atoms with Crippen molar-refractivity contribution in [1.29, 1.82) is 0 Å². The number of halogens is 4. The van der Waals surface area contributed by atoms with Gasteiger partial charge in [-0.2, -0.15) is 13.2 Å². The van der Waals surface area contributed by atoms with Gasteiger partial charge in [-0.25, -0.2) is 9.48 Å². The summed E-state index contributed by atoms with van der Waals surface area (Å²) in [5.41, 5.74) is 2.79. The van der Waals surface area contributed by atoms with Crippen LogP contribution in [0.25, 0.3) is 11.4 Å². The van der Waals surface area contributed by atoms with E-state index in [-0.39, 0.29) is 18.2 Å². The number of aliphatic hydroxyl groups is 1. The van der Waals surface area contributed by atoms with Gasteiger partial charge in [0.15, 0.2) is 5.82 Å². The zero-order chi connectivity index (χ0) is 25.5. The standard InChI is InChI=1S/C23H23ClF3N5O3/c1-22(20(28)34,14-3-2-4-15(11-14)23(25,26)27)29-18(33)12-31-21(35)32(17-9-10-17)19(30-31)13-5-7-16(24)8-6-13/h2-8,11,17-18,29,33H,9-10,12H2,1H3,(H2,28,34). The summed E-state index contributed by atoms with van der Waals surface area (Å²) in [5, 5.41) is 18.2. The predicted octanol–water partition coefficient (Wildman–Crippen LogP) is 3.03. The molecule has 1 saturated carbocycles. The highest BCUT2D eigenvalue weighted by molar-refractivity contribution is 6.30. The van der Waals surface area contributed by atoms with Crippen molar-refractivity contribution in [1.82, 2.24) is 19.7 Å². The van der Waals surface area contributed by atoms with Crippen LogP contribution >= 0.6 is 11.6 Å². The third-order valence-electron chi connectivity index (χ3n) is 5.95. The van der Waals surface area contributed by atoms with Gasteiger partial charge in [-0.3, -0.25) is 14.7 Å². The normalized spacial score (nSPS) is 16.6. The predicted molar refractivity (Wildman–Crippen MR) is 122 cm³/mol. The van der Waals surface area contributed by atoms with E-state index in [1.165, 1.54) is 17.6 Å². The number of alkyl halides is 3. The lowest BCUT2D eigenvalue weighted by atomic mass is 9.89. The lowest BCUT2D eigenvalue weighted by molar-refractivity contribution is -0.138. The lowest BCUT2D eigenvalue weighted by Crippen LogP contribution is -2.55. The van der Waals surface area contributed by atoms with Gasteiger partial charge in [0, 0.05) is 16.6 Å². The van der Waals surface area contributed by atoms with Crippen LogP contribution in [-0.4, -0.2) is 31.6 Å². The first-order chi connectivity index (χ1) is 16.4. The summed E-state index contributed by atoms with van der Waals surface area (Å²) in [6.07, 6.45) is -4.56. The molecule has 2 aromatic carbocycles. The molecule has 1 heterocycles. The number of carbonyl (C=O) groups is 1. The Balaban J connectivity index is 1.62. The lowest BCUT2D eigenvalue weighted by Gasteiger charge is -2.31. The molecule has 0 radical (unpaired) electrons. The number of nitrogens with one attached hydrogen (secondary N) is 1. The summed E-state index contributed by atoms with van der Waals surface area (Å²) < 4.78 is 42.1. The Morgan fingerprint density at radius 2 is 1.86 bits per heavy atom. The Kier molecular flexibility index (Phi) is 6.52. The summed E-state index contributed by atoms with van der Waals surface area (Å²) in [7, 11) is 0. The number of aliphatic hydroxyl groups excluding tert-OH is 1. The van der Waals surface area contributed by atoms with Gasteiger partial charge in [-0.1, -0.05) is 23.7 Å². The average molecular weight is 510 g/mol. The van der Waals surface area contributed by atoms with E-state index in [1.807, 2.05) is 0 Å². The molecular formula is C23H23ClF3N5O3. The van der Waals surface area contributed by atoms with Crippen LogP contribution in [0.5, 0.6) is 0 Å². The molecule has 4 N–H and O–H groups in total. The van der Waals surface area contributed by atoms with E-state index in [0.717, 1.165) is 35.7 Å². The number of carbonyl (C=O) groups excluding carboxylic acids is 1. The van der Waals surface area contributed by atoms with Gasteiger partial charge >= 0.3 is 11.9 Å². The first kappa shape index (κ1) is 25.0. The van der Waals surface area contributed by atoms with Crippen LogP contribution in [0.2, 0.25) is 5.02 Å². The van der Waals surface area contributed by atoms with Gasteiger partial charge in [-0.15, -0.1) is 5.10 Å². The quantitative estimate of drug-likeness (QED) is 0.404. The van der Waals surface area contributed by atoms with E-state index < -0.39 is 35.1 Å². The maximum absolute atomic E-state index is 13.2. The fraction of sp³-hybridized carbons (Fsp3) is 0.348. The SMILES string of the molecule is CC(NC(O)Cn1nc(-c2ccc(Cl)cc2)n(C2CC2)c1=O)(C(N)=O)c1cccc(C(F)(F)F)c1. The molecule has 1 aliphatic carbocycles. The number of rotatable bonds is 8. The Morgan fingerprint density at radius 1 is 1.23 bits per heavy atom. The van der Waals surface area contributed by atoms with Gasteiger partial charge in [0.05, 0.1) is 12.1 Å². The van der Waals surface area contributed by atoms with Gasteiger partial charge in [-0.05, 0) is 61.7 Å². The Hall–Kier alpha value is -3.15. The zero-order valence-corrected chi connectivity index (χ0v) is 19.3. The van der Waals surface area contributed by atoms with Crippen LogP contribution < -0.4 is 16.7 Å². The van der Waals surface area contributed by atoms with Gasteiger partial charge < -0.3 is 10.8 Å². The van der Waals surface area contributed by atoms with Crippen molar-refractivity contribution in [3.63, 3.8) is 0 Å². The molecule has 0 spiro atoms. The molecule has 0 aliphatic heterocycles. The summed E-state index contributed by atoms with van der Waals surface area (Å²) in [6.45, 7) is 0.889. The summed E-state index contributed by atoms with van der Waals surface area (Å²) >= 11 is 5.96. The van der Waals surface area contributed by atoms with Crippen LogP contribution in [0.4, 0.5) is 13.2 Å². The van der Waals surface area contributed by atoms with Crippen molar-refractivity contribution in [3.8, 4) is 11.4 Å². The van der Waals surface area contributed by atoms with Gasteiger partial charge in [0.25, 0.3) is 0 Å². The van der Waals surface area contributed by atoms with Crippen molar-refractivity contribution >= 4 is 17.5 Å². The molecule has 35 heavy (non-hydrogen) atoms. The number of aromatic nitrogens is 3. The Bertz CT molecular complexity index is 1300. The molecule has 2 atom stereocenters. The summed E-state index contributed by atoms with van der Waals surface area (Å²) in [6, 6.07) is 10.9. The molecule has 3 aromatic rings. The molecular weight excluding hydrogens is 487 g/mol. The molecule has 1 fully saturated rings. The topological polar surface area (TPSA) is 115 Å². The number of nitrogens with two attached hydrogens (primary N) is 1. The minimum absolute atomic E-state index is 0.0203. The van der Waals surface area contributed by atoms with Crippen LogP contribution in [0.1, 0.15) is 36.9 Å². The van der Waals surface area contributed by atoms with Crippen molar-refractivity contribution < 1.29 is 23.1 Å². The molecule has 186 valence electrons. The fourth-order valence-electron chi connectivity index (χ4n) is 3.84. The smallest absolute Gasteiger partial charge is 0.377 e. The molecule has 12 heteroatoms. The second-order valence-corrected chi connectivity index (χ2v) is 9.06. The molecule has 0 saturated heterocycles. The molecule has 4 rings (SSSR count). The number of hydrogen-bond acceptors (Lipinski definition) is 5. The fourth-order valence-corrected chi connectivity index (χ4v) is 3.97. The molecule has 1 amide bonds. The molecule has 8 nitrogen and oxygen atoms in total. The third kappa shape index (κ3) is 5.12. The molecule has 0 bridgehead atoms. The van der Waals surface area contributed by atoms with E-state index in [4.69, 9.17) is 17.3 Å². The Labute approximate surface area is 203 Å². The zero-order valence-electron chi connectivity index (χ0n) is 18.6. The van der Waals surface area contributed by atoms with Gasteiger partial charge in [0.2, 0.25) is 5.91 Å². The maximum atomic E-state index is 13.2. The molecule has 1 aliphatic rings. The first-order valence-corrected chi connectivity index (χ1v) is 11.2. The van der Waals surface area contributed by atoms with E-state index >= 15 is 0 Å². The van der Waals surface area contributed by atoms with Crippen molar-refractivity contribution in [2.45, 2.75) is 50.3 Å². The second-order valence-electron chi connectivity index (χ2n) is 8.62. The molecule has 1 aromatic heterocycles. The van der Waals surface area contributed by atoms with Gasteiger partial charge in [0.1, 0.15) is 11.8 Å². The highest BCUT2D eigenvalue weighted by Crippen LogP contribution is 2.37. The second kappa shape index (κ2) is 9.14. The van der Waals surface area contributed by atoms with Crippen LogP contribution in [0, 0.1) is 0 Å². The number of hydrogen-bond donors (Lipinski definition) is 3. The summed E-state index contributed by atoms with van der Waals surface area (Å²) in [5.74, 6) is -0.606. The number of benzene rings is 2. The Morgan fingerprint density at radius 3 is 2.43 bits per heavy atom. The van der Waals surface area contributed by atoms with Crippen molar-refractivity contribution in [3.05, 3.63) is 75.2 Å².